The van der Waals surface area contributed by atoms with Gasteiger partial charge in [-0.3, -0.25) is 9.59 Å². The summed E-state index contributed by atoms with van der Waals surface area (Å²) in [5.74, 6) is -0.0216. The monoisotopic (exact) mass is 430 g/mol. The number of ether oxygens (including phenoxy) is 1. The van der Waals surface area contributed by atoms with Crippen LogP contribution in [0.15, 0.2) is 24.5 Å². The molecule has 0 radical (unpaired) electrons. The first-order valence-electron chi connectivity index (χ1n) is 12.3. The Morgan fingerprint density at radius 3 is 2.35 bits per heavy atom. The number of nitrogens with one attached hydrogen (secondary N) is 1. The maximum Gasteiger partial charge on any atom is 0.252 e. The number of rotatable bonds is 7. The van der Waals surface area contributed by atoms with Crippen molar-refractivity contribution in [2.45, 2.75) is 103 Å². The Bertz CT molecular complexity index is 682. The first kappa shape index (κ1) is 23.7. The van der Waals surface area contributed by atoms with E-state index in [1.165, 1.54) is 57.8 Å². The van der Waals surface area contributed by atoms with Gasteiger partial charge in [0.1, 0.15) is 0 Å². The summed E-state index contributed by atoms with van der Waals surface area (Å²) < 4.78 is 8.34. The van der Waals surface area contributed by atoms with E-state index >= 15 is 0 Å². The molecule has 172 valence electrons. The second kappa shape index (κ2) is 13.5. The predicted octanol–water partition coefficient (Wildman–Crippen LogP) is 3.86. The molecule has 1 N–H and O–H groups in total. The zero-order valence-corrected chi connectivity index (χ0v) is 19.0. The first-order valence-corrected chi connectivity index (χ1v) is 12.3. The van der Waals surface area contributed by atoms with Gasteiger partial charge in [0.25, 0.3) is 6.73 Å². The Kier molecular flexibility index (Phi) is 10.3. The molecule has 0 spiro atoms. The van der Waals surface area contributed by atoms with Crippen molar-refractivity contribution in [2.24, 2.45) is 0 Å². The molecule has 6 nitrogen and oxygen atoms in total. The Balaban J connectivity index is 1.42. The second-order valence-electron chi connectivity index (χ2n) is 9.10. The quantitative estimate of drug-likeness (QED) is 0.668. The lowest BCUT2D eigenvalue weighted by atomic mass is 9.99. The molecule has 1 aromatic heterocycles. The Hall–Kier alpha value is -1.95. The second-order valence-corrected chi connectivity index (χ2v) is 9.10. The van der Waals surface area contributed by atoms with Crippen LogP contribution in [0, 0.1) is 0 Å². The van der Waals surface area contributed by atoms with Gasteiger partial charge < -0.3 is 15.0 Å². The SMILES string of the molecule is O=C(CN1CCCC1=O)NCc1ccc[n+](COC2CCCCCCCCCCC2)c1. The van der Waals surface area contributed by atoms with Crippen molar-refractivity contribution in [3.63, 3.8) is 0 Å². The minimum Gasteiger partial charge on any atom is -0.350 e. The molecule has 0 aromatic carbocycles. The minimum atomic E-state index is -0.102. The third kappa shape index (κ3) is 8.98. The Morgan fingerprint density at radius 1 is 1.03 bits per heavy atom. The summed E-state index contributed by atoms with van der Waals surface area (Å²) in [6.07, 6.45) is 20.2. The van der Waals surface area contributed by atoms with Crippen LogP contribution in [0.3, 0.4) is 0 Å². The lowest BCUT2D eigenvalue weighted by molar-refractivity contribution is -0.735. The highest BCUT2D eigenvalue weighted by Gasteiger charge is 2.22. The number of carbonyl (C=O) groups excluding carboxylic acids is 2. The molecule has 3 rings (SSSR count). The van der Waals surface area contributed by atoms with Crippen LogP contribution in [-0.4, -0.2) is 35.9 Å². The molecule has 1 aliphatic heterocycles. The van der Waals surface area contributed by atoms with E-state index in [0.29, 0.717) is 32.3 Å². The van der Waals surface area contributed by atoms with E-state index in [4.69, 9.17) is 4.74 Å². The van der Waals surface area contributed by atoms with Crippen molar-refractivity contribution in [1.82, 2.24) is 10.2 Å². The number of amides is 2. The largest absolute Gasteiger partial charge is 0.350 e. The number of carbonyl (C=O) groups is 2. The molecule has 2 amide bonds. The lowest BCUT2D eigenvalue weighted by Crippen LogP contribution is -2.39. The number of pyridine rings is 1. The molecule has 1 aromatic rings. The van der Waals surface area contributed by atoms with Gasteiger partial charge in [-0.25, -0.2) is 0 Å². The number of nitrogens with zero attached hydrogens (tertiary/aromatic N) is 2. The van der Waals surface area contributed by atoms with Crippen molar-refractivity contribution >= 4 is 11.8 Å². The van der Waals surface area contributed by atoms with Gasteiger partial charge in [0, 0.05) is 31.1 Å². The van der Waals surface area contributed by atoms with E-state index in [1.807, 2.05) is 24.5 Å². The summed E-state index contributed by atoms with van der Waals surface area (Å²) in [5, 5.41) is 2.93. The van der Waals surface area contributed by atoms with Crippen LogP contribution in [0.4, 0.5) is 0 Å². The van der Waals surface area contributed by atoms with Crippen LogP contribution < -0.4 is 9.88 Å². The first-order chi connectivity index (χ1) is 15.2. The van der Waals surface area contributed by atoms with Gasteiger partial charge in [-0.15, -0.1) is 0 Å². The average molecular weight is 431 g/mol. The zero-order chi connectivity index (χ0) is 21.7. The van der Waals surface area contributed by atoms with Gasteiger partial charge in [-0.2, -0.15) is 4.57 Å². The molecule has 0 bridgehead atoms. The van der Waals surface area contributed by atoms with Crippen molar-refractivity contribution in [3.8, 4) is 0 Å². The Labute approximate surface area is 187 Å². The van der Waals surface area contributed by atoms with Gasteiger partial charge in [0.2, 0.25) is 11.8 Å². The molecular weight excluding hydrogens is 390 g/mol. The standard InChI is InChI=1S/C25H39N3O3/c29-24(20-28-17-11-15-25(28)30)26-18-22-12-10-16-27(19-22)21-31-23-13-8-6-4-2-1-3-5-7-9-14-23/h10,12,16,19,23H,1-9,11,13-15,17-18,20-21H2/p+1. The molecule has 31 heavy (non-hydrogen) atoms. The summed E-state index contributed by atoms with van der Waals surface area (Å²) in [6, 6.07) is 4.00. The van der Waals surface area contributed by atoms with Crippen molar-refractivity contribution in [1.29, 1.82) is 0 Å². The van der Waals surface area contributed by atoms with Crippen LogP contribution in [0.2, 0.25) is 0 Å². The summed E-state index contributed by atoms with van der Waals surface area (Å²) in [5.41, 5.74) is 1.03. The number of aromatic nitrogens is 1. The molecular formula is C25H40N3O3+. The number of hydrogen-bond donors (Lipinski definition) is 1. The predicted molar refractivity (Wildman–Crippen MR) is 120 cm³/mol. The minimum absolute atomic E-state index is 0.0802. The van der Waals surface area contributed by atoms with E-state index in [-0.39, 0.29) is 18.4 Å². The van der Waals surface area contributed by atoms with Crippen molar-refractivity contribution in [3.05, 3.63) is 30.1 Å². The maximum atomic E-state index is 12.2. The van der Waals surface area contributed by atoms with Crippen LogP contribution in [0.25, 0.3) is 0 Å². The number of hydrogen-bond acceptors (Lipinski definition) is 3. The topological polar surface area (TPSA) is 62.5 Å². The zero-order valence-electron chi connectivity index (χ0n) is 19.0. The highest BCUT2D eigenvalue weighted by Crippen LogP contribution is 2.18. The molecule has 1 aliphatic carbocycles. The van der Waals surface area contributed by atoms with Crippen molar-refractivity contribution in [2.75, 3.05) is 13.1 Å². The molecule has 0 atom stereocenters. The van der Waals surface area contributed by atoms with E-state index in [9.17, 15) is 9.59 Å². The summed E-state index contributed by atoms with van der Waals surface area (Å²) in [4.78, 5) is 25.5. The van der Waals surface area contributed by atoms with Gasteiger partial charge in [-0.1, -0.05) is 57.8 Å². The molecule has 1 saturated carbocycles. The third-order valence-electron chi connectivity index (χ3n) is 6.43. The molecule has 2 aliphatic rings. The van der Waals surface area contributed by atoms with E-state index in [2.05, 4.69) is 9.88 Å². The van der Waals surface area contributed by atoms with Gasteiger partial charge in [-0.05, 0) is 25.3 Å². The fourth-order valence-electron chi connectivity index (χ4n) is 4.55. The van der Waals surface area contributed by atoms with E-state index < -0.39 is 0 Å². The van der Waals surface area contributed by atoms with Crippen LogP contribution in [-0.2, 0) is 27.6 Å². The molecule has 0 unspecified atom stereocenters. The number of likely N-dealkylation sites (tertiary alicyclic amines) is 1. The summed E-state index contributed by atoms with van der Waals surface area (Å²) in [7, 11) is 0. The van der Waals surface area contributed by atoms with Gasteiger partial charge in [0.15, 0.2) is 12.4 Å². The highest BCUT2D eigenvalue weighted by molar-refractivity contribution is 5.85. The third-order valence-corrected chi connectivity index (χ3v) is 6.43. The fourth-order valence-corrected chi connectivity index (χ4v) is 4.55. The van der Waals surface area contributed by atoms with E-state index in [0.717, 1.165) is 24.8 Å². The van der Waals surface area contributed by atoms with Crippen LogP contribution in [0.1, 0.15) is 89.0 Å². The maximum absolute atomic E-state index is 12.2. The molecule has 6 heteroatoms. The summed E-state index contributed by atoms with van der Waals surface area (Å²) >= 11 is 0. The molecule has 2 heterocycles. The van der Waals surface area contributed by atoms with Gasteiger partial charge >= 0.3 is 0 Å². The average Bonchev–Trinajstić information content (AvgIpc) is 3.16. The lowest BCUT2D eigenvalue weighted by Gasteiger charge is -2.17. The fraction of sp³-hybridized carbons (Fsp3) is 0.720. The van der Waals surface area contributed by atoms with Gasteiger partial charge in [0.05, 0.1) is 12.6 Å². The molecule has 2 fully saturated rings. The molecule has 1 saturated heterocycles. The smallest absolute Gasteiger partial charge is 0.252 e. The highest BCUT2D eigenvalue weighted by atomic mass is 16.5. The Morgan fingerprint density at radius 2 is 1.71 bits per heavy atom. The summed E-state index contributed by atoms with van der Waals surface area (Å²) in [6.45, 7) is 1.87. The van der Waals surface area contributed by atoms with Crippen molar-refractivity contribution < 1.29 is 18.9 Å². The normalized spacial score (nSPS) is 19.6. The van der Waals surface area contributed by atoms with Crippen LogP contribution >= 0.6 is 0 Å². The van der Waals surface area contributed by atoms with E-state index in [1.54, 1.807) is 4.90 Å². The van der Waals surface area contributed by atoms with Crippen LogP contribution in [0.5, 0.6) is 0 Å².